The third-order valence-corrected chi connectivity index (χ3v) is 8.99. The molecule has 4 aliphatic rings. The third-order valence-electron chi connectivity index (χ3n) is 8.99. The van der Waals surface area contributed by atoms with Gasteiger partial charge in [-0.3, -0.25) is 9.59 Å². The molecule has 0 aliphatic carbocycles. The van der Waals surface area contributed by atoms with Gasteiger partial charge in [0.25, 0.3) is 0 Å². The topological polar surface area (TPSA) is 366 Å². The monoisotopic (exact) mass is 748 g/mol. The van der Waals surface area contributed by atoms with Crippen LogP contribution in [-0.2, 0) is 42.7 Å². The summed E-state index contributed by atoms with van der Waals surface area (Å²) in [5.41, 5.74) is 0. The average molecular weight is 749 g/mol. The summed E-state index contributed by atoms with van der Waals surface area (Å²) >= 11 is 0. The normalized spacial score (nSPS) is 47.8. The summed E-state index contributed by atoms with van der Waals surface area (Å²) in [5.74, 6) is -1.36. The van der Waals surface area contributed by atoms with E-state index in [1.807, 2.05) is 0 Å². The first-order chi connectivity index (χ1) is 24.0. The van der Waals surface area contributed by atoms with Crippen LogP contribution in [0.4, 0.5) is 0 Å². The zero-order valence-corrected chi connectivity index (χ0v) is 27.4. The van der Waals surface area contributed by atoms with Gasteiger partial charge in [-0.1, -0.05) is 0 Å². The maximum Gasteiger partial charge on any atom is 0.217 e. The van der Waals surface area contributed by atoms with Crippen LogP contribution in [0.25, 0.3) is 0 Å². The summed E-state index contributed by atoms with van der Waals surface area (Å²) in [6.07, 6.45) is -30.8. The van der Waals surface area contributed by atoms with Crippen molar-refractivity contribution in [3.63, 3.8) is 0 Å². The Morgan fingerprint density at radius 1 is 0.510 bits per heavy atom. The van der Waals surface area contributed by atoms with Gasteiger partial charge >= 0.3 is 0 Å². The molecule has 0 radical (unpaired) electrons. The minimum Gasteiger partial charge on any atom is -0.394 e. The molecule has 20 atom stereocenters. The number of aliphatic hydroxyl groups is 12. The SMILES string of the molecule is CC(=O)N[C@H]1[C@H](OC[C@H]2O[C@@H](O[C@H]3[C@H](O)[C@@H](NC(C)=O)C(O)O[C@@H]3CO)[C@H](O)[C@@H](O)[C@H]2O)O[C@H](CO)[C@@H](O[C@@H]2O[C@H](CO)[C@H](O)[C@H](O)[C@H]2O)[C@H]1O. The van der Waals surface area contributed by atoms with Crippen LogP contribution < -0.4 is 10.6 Å². The van der Waals surface area contributed by atoms with E-state index in [1.165, 1.54) is 0 Å². The van der Waals surface area contributed by atoms with E-state index in [1.54, 1.807) is 0 Å². The number of rotatable bonds is 12. The highest BCUT2D eigenvalue weighted by Gasteiger charge is 2.54. The van der Waals surface area contributed by atoms with Gasteiger partial charge in [0.2, 0.25) is 11.8 Å². The van der Waals surface area contributed by atoms with Crippen molar-refractivity contribution in [2.45, 2.75) is 137 Å². The fraction of sp³-hybridized carbons (Fsp3) is 0.929. The Hall–Kier alpha value is -1.82. The van der Waals surface area contributed by atoms with Gasteiger partial charge in [0.05, 0.1) is 26.4 Å². The Bertz CT molecular complexity index is 1140. The lowest BCUT2D eigenvalue weighted by atomic mass is 9.95. The molecule has 0 bridgehead atoms. The van der Waals surface area contributed by atoms with Crippen molar-refractivity contribution in [1.82, 2.24) is 10.6 Å². The largest absolute Gasteiger partial charge is 0.394 e. The minimum atomic E-state index is -1.96. The van der Waals surface area contributed by atoms with Gasteiger partial charge in [-0.15, -0.1) is 0 Å². The fourth-order valence-corrected chi connectivity index (χ4v) is 6.25. The molecule has 2 amide bonds. The molecule has 4 rings (SSSR count). The average Bonchev–Trinajstić information content (AvgIpc) is 3.09. The lowest BCUT2D eigenvalue weighted by Crippen LogP contribution is -2.68. The Morgan fingerprint density at radius 2 is 0.922 bits per heavy atom. The van der Waals surface area contributed by atoms with Crippen LogP contribution in [0.15, 0.2) is 0 Å². The van der Waals surface area contributed by atoms with Gasteiger partial charge in [-0.05, 0) is 0 Å². The molecule has 0 spiro atoms. The van der Waals surface area contributed by atoms with E-state index >= 15 is 0 Å². The van der Waals surface area contributed by atoms with E-state index < -0.39 is 161 Å². The molecular weight excluding hydrogens is 700 g/mol. The summed E-state index contributed by atoms with van der Waals surface area (Å²) in [6, 6.07) is -2.94. The second kappa shape index (κ2) is 18.0. The number of aliphatic hydroxyl groups excluding tert-OH is 12. The predicted molar refractivity (Wildman–Crippen MR) is 157 cm³/mol. The number of ether oxygens (including phenoxy) is 7. The standard InChI is InChI=1S/C28H48N2O21/c1-7(34)29-13-17(38)23(10(4-32)46-25(13)44)50-28-22(43)20(41)16(37)12(49-28)6-45-26-14(30-8(2)35)18(39)24(11(5-33)48-26)51-27-21(42)19(40)15(36)9(3-31)47-27/h9-28,31-33,36-44H,3-6H2,1-2H3,(H,29,34)(H,30,35)/t9-,10-,11-,12-,13-,14-,15+,16+,17-,18+,19+,20+,21-,22-,23-,24-,25?,26-,27+,28+/m1/s1. The fourth-order valence-electron chi connectivity index (χ4n) is 6.25. The smallest absolute Gasteiger partial charge is 0.217 e. The van der Waals surface area contributed by atoms with Crippen LogP contribution in [-0.4, -0.2) is 222 Å². The van der Waals surface area contributed by atoms with Gasteiger partial charge in [0.1, 0.15) is 97.5 Å². The second-order valence-electron chi connectivity index (χ2n) is 12.7. The highest BCUT2D eigenvalue weighted by Crippen LogP contribution is 2.32. The zero-order chi connectivity index (χ0) is 37.9. The summed E-state index contributed by atoms with van der Waals surface area (Å²) in [4.78, 5) is 23.7. The van der Waals surface area contributed by atoms with Crippen LogP contribution in [0.1, 0.15) is 13.8 Å². The van der Waals surface area contributed by atoms with Crippen molar-refractivity contribution in [3.8, 4) is 0 Å². The van der Waals surface area contributed by atoms with E-state index in [9.17, 15) is 70.9 Å². The van der Waals surface area contributed by atoms with Gasteiger partial charge in [0, 0.05) is 13.8 Å². The molecule has 1 unspecified atom stereocenters. The van der Waals surface area contributed by atoms with Crippen molar-refractivity contribution < 1.29 is 104 Å². The summed E-state index contributed by atoms with van der Waals surface area (Å²) in [6.45, 7) is -0.985. The van der Waals surface area contributed by atoms with Gasteiger partial charge in [-0.2, -0.15) is 0 Å². The predicted octanol–water partition coefficient (Wildman–Crippen LogP) is -9.46. The minimum absolute atomic E-state index is 0.657. The molecule has 296 valence electrons. The molecule has 0 aromatic heterocycles. The van der Waals surface area contributed by atoms with Crippen molar-refractivity contribution in [1.29, 1.82) is 0 Å². The number of nitrogens with one attached hydrogen (secondary N) is 2. The Balaban J connectivity index is 1.48. The Morgan fingerprint density at radius 3 is 1.41 bits per heavy atom. The second-order valence-corrected chi connectivity index (χ2v) is 12.7. The molecule has 4 fully saturated rings. The van der Waals surface area contributed by atoms with E-state index in [0.717, 1.165) is 13.8 Å². The number of hydrogen-bond acceptors (Lipinski definition) is 21. The Kier molecular flexibility index (Phi) is 14.8. The van der Waals surface area contributed by atoms with Crippen LogP contribution in [0.5, 0.6) is 0 Å². The molecule has 0 saturated carbocycles. The first-order valence-corrected chi connectivity index (χ1v) is 16.1. The molecule has 0 aromatic carbocycles. The molecule has 4 heterocycles. The van der Waals surface area contributed by atoms with Crippen LogP contribution in [0.3, 0.4) is 0 Å². The van der Waals surface area contributed by atoms with E-state index in [0.29, 0.717) is 0 Å². The van der Waals surface area contributed by atoms with Crippen molar-refractivity contribution >= 4 is 11.8 Å². The number of amides is 2. The van der Waals surface area contributed by atoms with Gasteiger partial charge < -0.3 is 105 Å². The number of carbonyl (C=O) groups is 2. The van der Waals surface area contributed by atoms with Crippen LogP contribution >= 0.6 is 0 Å². The Labute approximate surface area is 289 Å². The maximum absolute atomic E-state index is 12.1. The zero-order valence-electron chi connectivity index (χ0n) is 27.4. The van der Waals surface area contributed by atoms with Crippen molar-refractivity contribution in [2.75, 3.05) is 26.4 Å². The molecule has 51 heavy (non-hydrogen) atoms. The van der Waals surface area contributed by atoms with Crippen LogP contribution in [0, 0.1) is 0 Å². The quantitative estimate of drug-likeness (QED) is 0.0881. The lowest BCUT2D eigenvalue weighted by Gasteiger charge is -2.48. The molecule has 4 aliphatic heterocycles. The van der Waals surface area contributed by atoms with E-state index in [-0.39, 0.29) is 0 Å². The van der Waals surface area contributed by atoms with Crippen LogP contribution in [0.2, 0.25) is 0 Å². The first kappa shape index (κ1) is 41.9. The molecule has 0 aromatic rings. The molecule has 23 nitrogen and oxygen atoms in total. The summed E-state index contributed by atoms with van der Waals surface area (Å²) in [5, 5.41) is 129. The number of hydrogen-bond donors (Lipinski definition) is 14. The highest BCUT2D eigenvalue weighted by atomic mass is 16.8. The van der Waals surface area contributed by atoms with Gasteiger partial charge in [-0.25, -0.2) is 0 Å². The summed E-state index contributed by atoms with van der Waals surface area (Å²) in [7, 11) is 0. The van der Waals surface area contributed by atoms with Crippen molar-refractivity contribution in [2.24, 2.45) is 0 Å². The number of carbonyl (C=O) groups excluding carboxylic acids is 2. The lowest BCUT2D eigenvalue weighted by molar-refractivity contribution is -0.360. The highest BCUT2D eigenvalue weighted by molar-refractivity contribution is 5.73. The third kappa shape index (κ3) is 9.29. The molecular formula is C28H48N2O21. The van der Waals surface area contributed by atoms with Gasteiger partial charge in [0.15, 0.2) is 25.2 Å². The van der Waals surface area contributed by atoms with E-state index in [2.05, 4.69) is 10.6 Å². The maximum atomic E-state index is 12.1. The molecule has 4 saturated heterocycles. The van der Waals surface area contributed by atoms with Crippen molar-refractivity contribution in [3.05, 3.63) is 0 Å². The summed E-state index contributed by atoms with van der Waals surface area (Å²) < 4.78 is 38.9. The first-order valence-electron chi connectivity index (χ1n) is 16.1. The molecule has 14 N–H and O–H groups in total. The van der Waals surface area contributed by atoms with E-state index in [4.69, 9.17) is 33.2 Å². The molecule has 23 heteroatoms.